The van der Waals surface area contributed by atoms with Gasteiger partial charge in [-0.1, -0.05) is 25.4 Å². The minimum absolute atomic E-state index is 0.516. The van der Waals surface area contributed by atoms with Gasteiger partial charge in [0, 0.05) is 12.6 Å². The van der Waals surface area contributed by atoms with Crippen molar-refractivity contribution in [3.8, 4) is 0 Å². The van der Waals surface area contributed by atoms with Crippen LogP contribution in [0.25, 0.3) is 11.2 Å². The lowest BCUT2D eigenvalue weighted by molar-refractivity contribution is 0.477. The van der Waals surface area contributed by atoms with Gasteiger partial charge in [-0.25, -0.2) is 9.97 Å². The molecule has 0 saturated carbocycles. The molecule has 2 rings (SSSR count). The summed E-state index contributed by atoms with van der Waals surface area (Å²) in [7, 11) is 0. The summed E-state index contributed by atoms with van der Waals surface area (Å²) in [6, 6.07) is 1.71. The second kappa shape index (κ2) is 3.58. The maximum Gasteiger partial charge on any atom is 0.248 e. The van der Waals surface area contributed by atoms with Crippen molar-refractivity contribution in [2.75, 3.05) is 0 Å². The van der Waals surface area contributed by atoms with Crippen LogP contribution in [0.3, 0.4) is 0 Å². The molecular weight excluding hydrogens is 200 g/mol. The van der Waals surface area contributed by atoms with Crippen LogP contribution in [0.15, 0.2) is 16.7 Å². The van der Waals surface area contributed by atoms with Crippen LogP contribution in [0, 0.1) is 5.92 Å². The first-order valence-electron chi connectivity index (χ1n) is 4.56. The van der Waals surface area contributed by atoms with E-state index in [9.17, 15) is 0 Å². The Balaban J connectivity index is 2.46. The fourth-order valence-corrected chi connectivity index (χ4v) is 1.46. The highest BCUT2D eigenvalue weighted by molar-refractivity contribution is 6.34. The second-order valence-corrected chi connectivity index (χ2v) is 4.06. The van der Waals surface area contributed by atoms with Gasteiger partial charge >= 0.3 is 0 Å². The molecular formula is C10H11ClN2O. The van der Waals surface area contributed by atoms with Crippen molar-refractivity contribution in [1.82, 2.24) is 9.97 Å². The van der Waals surface area contributed by atoms with E-state index in [1.165, 1.54) is 0 Å². The molecule has 0 aromatic carbocycles. The predicted octanol–water partition coefficient (Wildman–Crippen LogP) is 3.07. The van der Waals surface area contributed by atoms with Gasteiger partial charge in [0.1, 0.15) is 5.52 Å². The van der Waals surface area contributed by atoms with Crippen LogP contribution in [0.4, 0.5) is 0 Å². The molecule has 2 aromatic heterocycles. The van der Waals surface area contributed by atoms with E-state index in [4.69, 9.17) is 16.0 Å². The highest BCUT2D eigenvalue weighted by atomic mass is 35.5. The van der Waals surface area contributed by atoms with Gasteiger partial charge < -0.3 is 4.42 Å². The highest BCUT2D eigenvalue weighted by Gasteiger charge is 2.10. The molecule has 2 heterocycles. The Hall–Kier alpha value is -1.09. The molecule has 0 atom stereocenters. The van der Waals surface area contributed by atoms with E-state index in [0.29, 0.717) is 28.1 Å². The highest BCUT2D eigenvalue weighted by Crippen LogP contribution is 2.22. The van der Waals surface area contributed by atoms with Crippen molar-refractivity contribution in [2.24, 2.45) is 5.92 Å². The van der Waals surface area contributed by atoms with Crippen molar-refractivity contribution < 1.29 is 4.42 Å². The maximum absolute atomic E-state index is 5.94. The number of hydrogen-bond acceptors (Lipinski definition) is 3. The Bertz CT molecular complexity index is 450. The molecule has 0 spiro atoms. The van der Waals surface area contributed by atoms with Crippen molar-refractivity contribution in [1.29, 1.82) is 0 Å². The minimum atomic E-state index is 0.516. The summed E-state index contributed by atoms with van der Waals surface area (Å²) >= 11 is 5.94. The molecule has 0 N–H and O–H groups in total. The normalized spacial score (nSPS) is 11.4. The van der Waals surface area contributed by atoms with E-state index < -0.39 is 0 Å². The Morgan fingerprint density at radius 1 is 1.50 bits per heavy atom. The largest absolute Gasteiger partial charge is 0.422 e. The van der Waals surface area contributed by atoms with Crippen molar-refractivity contribution in [2.45, 2.75) is 20.3 Å². The first kappa shape index (κ1) is 9.46. The molecule has 0 bridgehead atoms. The zero-order chi connectivity index (χ0) is 10.1. The van der Waals surface area contributed by atoms with Crippen molar-refractivity contribution >= 4 is 22.8 Å². The Morgan fingerprint density at radius 2 is 2.29 bits per heavy atom. The monoisotopic (exact) mass is 210 g/mol. The second-order valence-electron chi connectivity index (χ2n) is 3.65. The van der Waals surface area contributed by atoms with Crippen LogP contribution in [0.5, 0.6) is 0 Å². The molecule has 2 aromatic rings. The van der Waals surface area contributed by atoms with E-state index in [1.54, 1.807) is 12.3 Å². The zero-order valence-electron chi connectivity index (χ0n) is 8.12. The van der Waals surface area contributed by atoms with Crippen molar-refractivity contribution in [3.63, 3.8) is 0 Å². The molecule has 0 unspecified atom stereocenters. The number of nitrogens with zero attached hydrogens (tertiary/aromatic N) is 2. The SMILES string of the molecule is CC(C)Cc1nc2c(Cl)ccnc2o1. The quantitative estimate of drug-likeness (QED) is 0.765. The number of halogens is 1. The molecule has 14 heavy (non-hydrogen) atoms. The summed E-state index contributed by atoms with van der Waals surface area (Å²) in [5.74, 6) is 1.22. The average molecular weight is 211 g/mol. The molecule has 0 saturated heterocycles. The summed E-state index contributed by atoms with van der Waals surface area (Å²) in [5.41, 5.74) is 1.18. The molecule has 74 valence electrons. The summed E-state index contributed by atoms with van der Waals surface area (Å²) in [6.07, 6.45) is 2.43. The smallest absolute Gasteiger partial charge is 0.248 e. The summed E-state index contributed by atoms with van der Waals surface area (Å²) < 4.78 is 5.45. The third-order valence-electron chi connectivity index (χ3n) is 1.88. The molecule has 0 aliphatic carbocycles. The number of fused-ring (bicyclic) bond motifs is 1. The fourth-order valence-electron chi connectivity index (χ4n) is 1.28. The lowest BCUT2D eigenvalue weighted by Gasteiger charge is -1.96. The zero-order valence-corrected chi connectivity index (χ0v) is 8.88. The van der Waals surface area contributed by atoms with Gasteiger partial charge in [0.05, 0.1) is 5.02 Å². The van der Waals surface area contributed by atoms with Gasteiger partial charge in [0.15, 0.2) is 5.89 Å². The van der Waals surface area contributed by atoms with Crippen molar-refractivity contribution in [3.05, 3.63) is 23.2 Å². The number of aromatic nitrogens is 2. The molecule has 0 aliphatic rings. The number of rotatable bonds is 2. The predicted molar refractivity (Wildman–Crippen MR) is 55.4 cm³/mol. The Labute approximate surface area is 87.1 Å². The van der Waals surface area contributed by atoms with E-state index >= 15 is 0 Å². The molecule has 0 radical (unpaired) electrons. The minimum Gasteiger partial charge on any atom is -0.422 e. The van der Waals surface area contributed by atoms with E-state index in [-0.39, 0.29) is 0 Å². The molecule has 0 aliphatic heterocycles. The first-order valence-corrected chi connectivity index (χ1v) is 4.94. The van der Waals surface area contributed by atoms with Crippen LogP contribution < -0.4 is 0 Å². The average Bonchev–Trinajstić information content (AvgIpc) is 2.47. The Kier molecular flexibility index (Phi) is 2.42. The summed E-state index contributed by atoms with van der Waals surface area (Å²) in [5, 5.41) is 0.591. The maximum atomic E-state index is 5.94. The third-order valence-corrected chi connectivity index (χ3v) is 2.18. The summed E-state index contributed by atoms with van der Waals surface area (Å²) in [4.78, 5) is 8.35. The molecule has 3 nitrogen and oxygen atoms in total. The van der Waals surface area contributed by atoms with Gasteiger partial charge in [0.2, 0.25) is 5.71 Å². The molecule has 0 fully saturated rings. The third kappa shape index (κ3) is 1.73. The van der Waals surface area contributed by atoms with Gasteiger partial charge in [-0.3, -0.25) is 0 Å². The standard InChI is InChI=1S/C10H11ClN2O/c1-6(2)5-8-13-9-7(11)3-4-12-10(9)14-8/h3-4,6H,5H2,1-2H3. The van der Waals surface area contributed by atoms with Crippen LogP contribution in [0.2, 0.25) is 5.02 Å². The lowest BCUT2D eigenvalue weighted by atomic mass is 10.1. The van der Waals surface area contributed by atoms with Gasteiger partial charge in [-0.2, -0.15) is 0 Å². The Morgan fingerprint density at radius 3 is 2.93 bits per heavy atom. The van der Waals surface area contributed by atoms with E-state index in [0.717, 1.165) is 6.42 Å². The molecule has 0 amide bonds. The van der Waals surface area contributed by atoms with Crippen LogP contribution in [-0.4, -0.2) is 9.97 Å². The van der Waals surface area contributed by atoms with Crippen LogP contribution in [0.1, 0.15) is 19.7 Å². The lowest BCUT2D eigenvalue weighted by Crippen LogP contribution is -1.93. The number of pyridine rings is 1. The van der Waals surface area contributed by atoms with Crippen LogP contribution in [-0.2, 0) is 6.42 Å². The van der Waals surface area contributed by atoms with Gasteiger partial charge in [-0.15, -0.1) is 0 Å². The molecule has 4 heteroatoms. The van der Waals surface area contributed by atoms with Gasteiger partial charge in [-0.05, 0) is 12.0 Å². The topological polar surface area (TPSA) is 38.9 Å². The summed E-state index contributed by atoms with van der Waals surface area (Å²) in [6.45, 7) is 4.23. The fraction of sp³-hybridized carbons (Fsp3) is 0.400. The van der Waals surface area contributed by atoms with Gasteiger partial charge in [0.25, 0.3) is 0 Å². The number of hydrogen-bond donors (Lipinski definition) is 0. The first-order chi connectivity index (χ1) is 6.66. The van der Waals surface area contributed by atoms with E-state index in [1.807, 2.05) is 0 Å². The van der Waals surface area contributed by atoms with Crippen LogP contribution >= 0.6 is 11.6 Å². The number of oxazole rings is 1. The van der Waals surface area contributed by atoms with E-state index in [2.05, 4.69) is 23.8 Å².